The molecule has 0 saturated heterocycles. The first-order valence-corrected chi connectivity index (χ1v) is 5.55. The monoisotopic (exact) mass is 255 g/mol. The molecule has 0 fully saturated rings. The third-order valence-corrected chi connectivity index (χ3v) is 2.81. The van der Waals surface area contributed by atoms with Crippen molar-refractivity contribution in [2.75, 3.05) is 0 Å². The number of pyridine rings is 1. The quantitative estimate of drug-likeness (QED) is 0.514. The average molecular weight is 255 g/mol. The summed E-state index contributed by atoms with van der Waals surface area (Å²) in [7, 11) is 0. The Balaban J connectivity index is 2.42. The van der Waals surface area contributed by atoms with Gasteiger partial charge in [-0.1, -0.05) is 6.07 Å². The lowest BCUT2D eigenvalue weighted by atomic mass is 10.0. The largest absolute Gasteiger partial charge is 0.504 e. The van der Waals surface area contributed by atoms with Gasteiger partial charge in [-0.3, -0.25) is 4.98 Å². The van der Waals surface area contributed by atoms with Crippen molar-refractivity contribution >= 4 is 11.0 Å². The molecule has 0 unspecified atom stereocenters. The van der Waals surface area contributed by atoms with Gasteiger partial charge in [-0.05, 0) is 12.1 Å². The van der Waals surface area contributed by atoms with E-state index in [1.165, 1.54) is 18.2 Å². The Kier molecular flexibility index (Phi) is 2.45. The van der Waals surface area contributed by atoms with Crippen molar-refractivity contribution in [2.45, 2.75) is 0 Å². The molecule has 2 aromatic heterocycles. The fourth-order valence-corrected chi connectivity index (χ4v) is 1.95. The fourth-order valence-electron chi connectivity index (χ4n) is 1.95. The van der Waals surface area contributed by atoms with Crippen molar-refractivity contribution in [3.05, 3.63) is 53.1 Å². The molecule has 0 aliphatic heterocycles. The van der Waals surface area contributed by atoms with Crippen LogP contribution in [0, 0.1) is 0 Å². The molecule has 5 heteroatoms. The molecule has 3 rings (SSSR count). The summed E-state index contributed by atoms with van der Waals surface area (Å²) in [5, 5.41) is 19.5. The zero-order valence-electron chi connectivity index (χ0n) is 9.70. The van der Waals surface area contributed by atoms with Crippen molar-refractivity contribution in [3.8, 4) is 22.6 Å². The van der Waals surface area contributed by atoms with Crippen LogP contribution in [0.3, 0.4) is 0 Å². The van der Waals surface area contributed by atoms with Gasteiger partial charge in [-0.2, -0.15) is 0 Å². The molecule has 19 heavy (non-hydrogen) atoms. The lowest BCUT2D eigenvalue weighted by molar-refractivity contribution is 0.403. The van der Waals surface area contributed by atoms with Gasteiger partial charge in [0.05, 0.1) is 0 Å². The van der Waals surface area contributed by atoms with Gasteiger partial charge in [0.1, 0.15) is 5.58 Å². The number of phenols is 2. The van der Waals surface area contributed by atoms with Crippen molar-refractivity contribution in [1.29, 1.82) is 0 Å². The number of benzene rings is 1. The van der Waals surface area contributed by atoms with Crippen LogP contribution in [0.2, 0.25) is 0 Å². The van der Waals surface area contributed by atoms with E-state index in [1.807, 2.05) is 0 Å². The van der Waals surface area contributed by atoms with Crippen LogP contribution in [-0.4, -0.2) is 15.2 Å². The molecule has 0 aliphatic rings. The number of nitrogens with zero attached hydrogens (tertiary/aromatic N) is 1. The van der Waals surface area contributed by atoms with E-state index in [-0.39, 0.29) is 17.1 Å². The third-order valence-electron chi connectivity index (χ3n) is 2.81. The number of phenolic OH excluding ortho intramolecular Hbond substituents is 2. The van der Waals surface area contributed by atoms with E-state index in [0.717, 1.165) is 5.56 Å². The lowest BCUT2D eigenvalue weighted by Gasteiger charge is -2.06. The highest BCUT2D eigenvalue weighted by Crippen LogP contribution is 2.34. The third kappa shape index (κ3) is 1.91. The van der Waals surface area contributed by atoms with Crippen LogP contribution in [0.25, 0.3) is 22.1 Å². The van der Waals surface area contributed by atoms with Gasteiger partial charge in [-0.15, -0.1) is 0 Å². The maximum Gasteiger partial charge on any atom is 0.336 e. The smallest absolute Gasteiger partial charge is 0.336 e. The second kappa shape index (κ2) is 4.13. The Morgan fingerprint density at radius 1 is 1.11 bits per heavy atom. The Labute approximate surface area is 107 Å². The summed E-state index contributed by atoms with van der Waals surface area (Å²) in [6.45, 7) is 0. The minimum Gasteiger partial charge on any atom is -0.504 e. The number of aromatic nitrogens is 1. The molecular weight excluding hydrogens is 246 g/mol. The highest BCUT2D eigenvalue weighted by molar-refractivity contribution is 5.94. The maximum atomic E-state index is 11.5. The molecular formula is C14H9NO4. The first kappa shape index (κ1) is 11.3. The van der Waals surface area contributed by atoms with Crippen LogP contribution < -0.4 is 5.63 Å². The molecule has 0 amide bonds. The van der Waals surface area contributed by atoms with Gasteiger partial charge in [-0.25, -0.2) is 4.79 Å². The Morgan fingerprint density at radius 2 is 1.89 bits per heavy atom. The highest BCUT2D eigenvalue weighted by atomic mass is 16.4. The topological polar surface area (TPSA) is 83.6 Å². The van der Waals surface area contributed by atoms with Crippen LogP contribution >= 0.6 is 0 Å². The van der Waals surface area contributed by atoms with E-state index >= 15 is 0 Å². The van der Waals surface area contributed by atoms with Crippen molar-refractivity contribution in [2.24, 2.45) is 0 Å². The predicted octanol–water partition coefficient (Wildman–Crippen LogP) is 2.27. The molecule has 5 nitrogen and oxygen atoms in total. The van der Waals surface area contributed by atoms with Crippen molar-refractivity contribution < 1.29 is 14.6 Å². The molecule has 3 aromatic rings. The van der Waals surface area contributed by atoms with E-state index in [4.69, 9.17) is 4.42 Å². The van der Waals surface area contributed by atoms with Crippen LogP contribution in [0.5, 0.6) is 11.5 Å². The summed E-state index contributed by atoms with van der Waals surface area (Å²) in [5.74, 6) is -0.606. The summed E-state index contributed by atoms with van der Waals surface area (Å²) in [6, 6.07) is 7.44. The van der Waals surface area contributed by atoms with Gasteiger partial charge in [0.25, 0.3) is 0 Å². The molecule has 0 atom stereocenters. The van der Waals surface area contributed by atoms with Gasteiger partial charge in [0, 0.05) is 41.0 Å². The highest BCUT2D eigenvalue weighted by Gasteiger charge is 2.11. The first-order chi connectivity index (χ1) is 9.15. The molecule has 0 spiro atoms. The van der Waals surface area contributed by atoms with E-state index in [1.54, 1.807) is 24.5 Å². The number of hydrogen-bond donors (Lipinski definition) is 2. The predicted molar refractivity (Wildman–Crippen MR) is 69.0 cm³/mol. The van der Waals surface area contributed by atoms with Crippen LogP contribution in [-0.2, 0) is 0 Å². The number of rotatable bonds is 1. The molecule has 0 bridgehead atoms. The normalized spacial score (nSPS) is 10.7. The number of hydrogen-bond acceptors (Lipinski definition) is 5. The Bertz CT molecular complexity index is 809. The zero-order chi connectivity index (χ0) is 13.4. The van der Waals surface area contributed by atoms with Crippen molar-refractivity contribution in [1.82, 2.24) is 4.98 Å². The number of aromatic hydroxyl groups is 2. The SMILES string of the molecule is O=c1cc(-c2cccnc2)c2cc(O)c(O)cc2o1. The molecule has 1 aromatic carbocycles. The molecule has 94 valence electrons. The average Bonchev–Trinajstić information content (AvgIpc) is 2.41. The summed E-state index contributed by atoms with van der Waals surface area (Å²) in [6.07, 6.45) is 3.23. The fraction of sp³-hybridized carbons (Fsp3) is 0. The van der Waals surface area contributed by atoms with E-state index in [2.05, 4.69) is 4.98 Å². The Morgan fingerprint density at radius 3 is 2.63 bits per heavy atom. The summed E-state index contributed by atoms with van der Waals surface area (Å²) < 4.78 is 5.01. The zero-order valence-corrected chi connectivity index (χ0v) is 9.70. The molecule has 0 radical (unpaired) electrons. The standard InChI is InChI=1S/C14H9NO4/c16-11-4-10-9(8-2-1-3-15-7-8)5-14(18)19-13(10)6-12(11)17/h1-7,16-17H. The van der Waals surface area contributed by atoms with Crippen LogP contribution in [0.4, 0.5) is 0 Å². The van der Waals surface area contributed by atoms with E-state index < -0.39 is 5.63 Å². The summed E-state index contributed by atoms with van der Waals surface area (Å²) >= 11 is 0. The molecule has 2 N–H and O–H groups in total. The second-order valence-electron chi connectivity index (χ2n) is 4.06. The van der Waals surface area contributed by atoms with Gasteiger partial charge < -0.3 is 14.6 Å². The minimum atomic E-state index is -0.531. The van der Waals surface area contributed by atoms with Gasteiger partial charge in [0.15, 0.2) is 11.5 Å². The lowest BCUT2D eigenvalue weighted by Crippen LogP contribution is -1.98. The van der Waals surface area contributed by atoms with Gasteiger partial charge in [0.2, 0.25) is 0 Å². The molecule has 0 saturated carbocycles. The molecule has 0 aliphatic carbocycles. The summed E-state index contributed by atoms with van der Waals surface area (Å²) in [5.41, 5.74) is 0.998. The minimum absolute atomic E-state index is 0.210. The first-order valence-electron chi connectivity index (χ1n) is 5.55. The van der Waals surface area contributed by atoms with Crippen LogP contribution in [0.15, 0.2) is 51.9 Å². The van der Waals surface area contributed by atoms with Gasteiger partial charge >= 0.3 is 5.63 Å². The molecule has 2 heterocycles. The Hall–Kier alpha value is -2.82. The number of fused-ring (bicyclic) bond motifs is 1. The summed E-state index contributed by atoms with van der Waals surface area (Å²) in [4.78, 5) is 15.5. The van der Waals surface area contributed by atoms with E-state index in [0.29, 0.717) is 10.9 Å². The van der Waals surface area contributed by atoms with Crippen LogP contribution in [0.1, 0.15) is 0 Å². The maximum absolute atomic E-state index is 11.5. The van der Waals surface area contributed by atoms with Crippen molar-refractivity contribution in [3.63, 3.8) is 0 Å². The second-order valence-corrected chi connectivity index (χ2v) is 4.06. The van der Waals surface area contributed by atoms with E-state index in [9.17, 15) is 15.0 Å².